The molecule has 1 atom stereocenters. The molecule has 116 valence electrons. The van der Waals surface area contributed by atoms with Crippen LogP contribution in [0.25, 0.3) is 0 Å². The highest BCUT2D eigenvalue weighted by molar-refractivity contribution is 5.45. The zero-order chi connectivity index (χ0) is 15.5. The summed E-state index contributed by atoms with van der Waals surface area (Å²) in [5, 5.41) is 12.6. The Morgan fingerprint density at radius 1 is 1.14 bits per heavy atom. The van der Waals surface area contributed by atoms with Crippen LogP contribution in [0.5, 0.6) is 11.5 Å². The fourth-order valence-electron chi connectivity index (χ4n) is 1.96. The molecule has 1 N–H and O–H groups in total. The zero-order valence-corrected chi connectivity index (χ0v) is 13.3. The van der Waals surface area contributed by atoms with Gasteiger partial charge in [0.1, 0.15) is 6.04 Å². The quantitative estimate of drug-likeness (QED) is 0.665. The summed E-state index contributed by atoms with van der Waals surface area (Å²) >= 11 is 0. The van der Waals surface area contributed by atoms with Gasteiger partial charge in [-0.2, -0.15) is 5.26 Å². The van der Waals surface area contributed by atoms with Crippen LogP contribution in [0.1, 0.15) is 51.6 Å². The van der Waals surface area contributed by atoms with Gasteiger partial charge in [0.2, 0.25) is 0 Å². The molecule has 0 fully saturated rings. The van der Waals surface area contributed by atoms with Crippen LogP contribution in [0.2, 0.25) is 0 Å². The van der Waals surface area contributed by atoms with E-state index >= 15 is 0 Å². The van der Waals surface area contributed by atoms with Crippen molar-refractivity contribution in [2.24, 2.45) is 0 Å². The maximum atomic E-state index is 9.33. The Labute approximate surface area is 128 Å². The molecule has 0 heterocycles. The topological polar surface area (TPSA) is 54.3 Å². The number of nitrogens with one attached hydrogen (secondary N) is 1. The maximum Gasteiger partial charge on any atom is 0.161 e. The Morgan fingerprint density at radius 2 is 1.95 bits per heavy atom. The minimum atomic E-state index is -0.309. The molecular formula is C17H26N2O2. The highest BCUT2D eigenvalue weighted by Gasteiger charge is 2.13. The van der Waals surface area contributed by atoms with Crippen molar-refractivity contribution in [2.75, 3.05) is 19.8 Å². The van der Waals surface area contributed by atoms with Gasteiger partial charge in [0.05, 0.1) is 19.3 Å². The third-order valence-electron chi connectivity index (χ3n) is 3.07. The molecule has 1 rings (SSSR count). The van der Waals surface area contributed by atoms with Crippen molar-refractivity contribution < 1.29 is 9.47 Å². The number of nitrogens with zero attached hydrogens (tertiary/aromatic N) is 1. The van der Waals surface area contributed by atoms with Crippen LogP contribution in [0, 0.1) is 11.3 Å². The molecule has 21 heavy (non-hydrogen) atoms. The van der Waals surface area contributed by atoms with Gasteiger partial charge >= 0.3 is 0 Å². The van der Waals surface area contributed by atoms with Crippen molar-refractivity contribution in [2.45, 2.75) is 46.1 Å². The molecule has 4 nitrogen and oxygen atoms in total. The first kappa shape index (κ1) is 17.3. The van der Waals surface area contributed by atoms with Crippen LogP contribution in [-0.2, 0) is 0 Å². The van der Waals surface area contributed by atoms with E-state index in [-0.39, 0.29) is 6.04 Å². The van der Waals surface area contributed by atoms with Crippen molar-refractivity contribution in [3.63, 3.8) is 0 Å². The van der Waals surface area contributed by atoms with E-state index < -0.39 is 0 Å². The Bertz CT molecular complexity index is 455. The molecule has 0 amide bonds. The van der Waals surface area contributed by atoms with Gasteiger partial charge in [0, 0.05) is 0 Å². The predicted octanol–water partition coefficient (Wildman–Crippen LogP) is 3.83. The number of rotatable bonds is 10. The fourth-order valence-corrected chi connectivity index (χ4v) is 1.96. The Hall–Kier alpha value is -1.73. The Morgan fingerprint density at radius 3 is 2.57 bits per heavy atom. The molecule has 0 aliphatic carbocycles. The third-order valence-corrected chi connectivity index (χ3v) is 3.07. The largest absolute Gasteiger partial charge is 0.490 e. The van der Waals surface area contributed by atoms with Crippen LogP contribution >= 0.6 is 0 Å². The summed E-state index contributed by atoms with van der Waals surface area (Å²) in [6.07, 6.45) is 3.13. The van der Waals surface area contributed by atoms with Gasteiger partial charge in [-0.15, -0.1) is 0 Å². The molecule has 0 saturated carbocycles. The van der Waals surface area contributed by atoms with E-state index in [2.05, 4.69) is 25.2 Å². The second-order valence-corrected chi connectivity index (χ2v) is 4.86. The summed E-state index contributed by atoms with van der Waals surface area (Å²) in [5.41, 5.74) is 0.918. The number of unbranched alkanes of at least 4 members (excludes halogenated alkanes) is 1. The second kappa shape index (κ2) is 10.1. The van der Waals surface area contributed by atoms with Crippen LogP contribution < -0.4 is 14.8 Å². The minimum Gasteiger partial charge on any atom is -0.490 e. The maximum absolute atomic E-state index is 9.33. The molecule has 0 saturated heterocycles. The molecule has 0 radical (unpaired) electrons. The predicted molar refractivity (Wildman–Crippen MR) is 84.7 cm³/mol. The lowest BCUT2D eigenvalue weighted by molar-refractivity contribution is 0.276. The molecule has 0 spiro atoms. The first-order chi connectivity index (χ1) is 10.3. The summed E-state index contributed by atoms with van der Waals surface area (Å²) in [7, 11) is 0. The lowest BCUT2D eigenvalue weighted by Crippen LogP contribution is -2.21. The lowest BCUT2D eigenvalue weighted by atomic mass is 10.1. The fraction of sp³-hybridized carbons (Fsp3) is 0.588. The third kappa shape index (κ3) is 5.65. The molecule has 0 bridgehead atoms. The van der Waals surface area contributed by atoms with Gasteiger partial charge in [-0.25, -0.2) is 0 Å². The molecule has 4 heteroatoms. The highest BCUT2D eigenvalue weighted by atomic mass is 16.5. The lowest BCUT2D eigenvalue weighted by Gasteiger charge is -2.16. The van der Waals surface area contributed by atoms with E-state index in [4.69, 9.17) is 9.47 Å². The van der Waals surface area contributed by atoms with Crippen molar-refractivity contribution in [3.05, 3.63) is 23.8 Å². The number of hydrogen-bond acceptors (Lipinski definition) is 4. The van der Waals surface area contributed by atoms with E-state index in [0.29, 0.717) is 19.0 Å². The van der Waals surface area contributed by atoms with Crippen LogP contribution in [-0.4, -0.2) is 19.8 Å². The van der Waals surface area contributed by atoms with Crippen molar-refractivity contribution in [1.29, 1.82) is 5.26 Å². The smallest absolute Gasteiger partial charge is 0.161 e. The minimum absolute atomic E-state index is 0.309. The molecule has 1 aromatic rings. The van der Waals surface area contributed by atoms with Crippen LogP contribution in [0.3, 0.4) is 0 Å². The average Bonchev–Trinajstić information content (AvgIpc) is 2.51. The zero-order valence-electron chi connectivity index (χ0n) is 13.3. The van der Waals surface area contributed by atoms with Gasteiger partial charge in [-0.1, -0.05) is 26.3 Å². The molecule has 1 unspecified atom stereocenters. The molecule has 1 aromatic carbocycles. The number of benzene rings is 1. The Balaban J connectivity index is 2.86. The molecule has 0 aliphatic rings. The second-order valence-electron chi connectivity index (χ2n) is 4.86. The van der Waals surface area contributed by atoms with E-state index in [9.17, 15) is 5.26 Å². The van der Waals surface area contributed by atoms with Crippen molar-refractivity contribution in [3.8, 4) is 17.6 Å². The van der Waals surface area contributed by atoms with E-state index in [1.807, 2.05) is 25.1 Å². The Kier molecular flexibility index (Phi) is 8.30. The van der Waals surface area contributed by atoms with E-state index in [1.54, 1.807) is 0 Å². The number of ether oxygens (including phenoxy) is 2. The summed E-state index contributed by atoms with van der Waals surface area (Å²) in [4.78, 5) is 0. The summed E-state index contributed by atoms with van der Waals surface area (Å²) in [5.74, 6) is 1.45. The summed E-state index contributed by atoms with van der Waals surface area (Å²) in [6.45, 7) is 8.22. The average molecular weight is 290 g/mol. The van der Waals surface area contributed by atoms with Gasteiger partial charge < -0.3 is 9.47 Å². The van der Waals surface area contributed by atoms with Gasteiger partial charge in [0.15, 0.2) is 11.5 Å². The monoisotopic (exact) mass is 290 g/mol. The van der Waals surface area contributed by atoms with Crippen molar-refractivity contribution in [1.82, 2.24) is 5.32 Å². The normalized spacial score (nSPS) is 11.7. The summed E-state index contributed by atoms with van der Waals surface area (Å²) < 4.78 is 11.3. The van der Waals surface area contributed by atoms with Gasteiger partial charge in [-0.05, 0) is 44.0 Å². The molecular weight excluding hydrogens is 264 g/mol. The standard InChI is InChI=1S/C17H26N2O2/c1-4-7-10-19-15(13-18)14-8-9-16(21-11-5-2)17(12-14)20-6-3/h8-9,12,15,19H,4-7,10-11H2,1-3H3. The molecule has 0 aliphatic heterocycles. The number of nitriles is 1. The first-order valence-electron chi connectivity index (χ1n) is 7.79. The molecule has 0 aromatic heterocycles. The van der Waals surface area contributed by atoms with Gasteiger partial charge in [-0.3, -0.25) is 5.32 Å². The van der Waals surface area contributed by atoms with Crippen LogP contribution in [0.15, 0.2) is 18.2 Å². The SMILES string of the molecule is CCCCNC(C#N)c1ccc(OCCC)c(OCC)c1. The number of hydrogen-bond donors (Lipinski definition) is 1. The summed E-state index contributed by atoms with van der Waals surface area (Å²) in [6, 6.07) is 7.72. The highest BCUT2D eigenvalue weighted by Crippen LogP contribution is 2.30. The first-order valence-corrected chi connectivity index (χ1v) is 7.79. The van der Waals surface area contributed by atoms with E-state index in [1.165, 1.54) is 0 Å². The van der Waals surface area contributed by atoms with Crippen molar-refractivity contribution >= 4 is 0 Å². The van der Waals surface area contributed by atoms with Crippen LogP contribution in [0.4, 0.5) is 0 Å². The van der Waals surface area contributed by atoms with E-state index in [0.717, 1.165) is 37.1 Å². The van der Waals surface area contributed by atoms with Gasteiger partial charge in [0.25, 0.3) is 0 Å².